The molecule has 2 rings (SSSR count). The molecule has 1 heterocycles. The van der Waals surface area contributed by atoms with E-state index in [1.807, 2.05) is 20.8 Å². The molecule has 96 valence electrons. The van der Waals surface area contributed by atoms with Gasteiger partial charge in [-0.25, -0.2) is 0 Å². The van der Waals surface area contributed by atoms with Gasteiger partial charge >= 0.3 is 0 Å². The van der Waals surface area contributed by atoms with Crippen LogP contribution in [-0.2, 0) is 11.3 Å². The van der Waals surface area contributed by atoms with Gasteiger partial charge in [0.05, 0.1) is 5.60 Å². The highest BCUT2D eigenvalue weighted by atomic mass is 16.5. The average Bonchev–Trinajstić information content (AvgIpc) is 2.74. The van der Waals surface area contributed by atoms with Gasteiger partial charge in [-0.05, 0) is 32.9 Å². The first-order valence-corrected chi connectivity index (χ1v) is 5.70. The van der Waals surface area contributed by atoms with Gasteiger partial charge in [0.25, 0.3) is 5.89 Å². The Morgan fingerprint density at radius 3 is 2.78 bits per heavy atom. The van der Waals surface area contributed by atoms with Crippen LogP contribution in [0, 0.1) is 0 Å². The molecule has 0 bridgehead atoms. The summed E-state index contributed by atoms with van der Waals surface area (Å²) in [4.78, 5) is 4.21. The highest BCUT2D eigenvalue weighted by molar-refractivity contribution is 5.56. The first-order valence-electron chi connectivity index (χ1n) is 5.70. The van der Waals surface area contributed by atoms with Crippen LogP contribution in [0.4, 0.5) is 0 Å². The first-order chi connectivity index (χ1) is 8.44. The zero-order chi connectivity index (χ0) is 13.2. The van der Waals surface area contributed by atoms with Gasteiger partial charge in [0.2, 0.25) is 5.82 Å². The molecule has 0 saturated heterocycles. The molecule has 0 aliphatic rings. The first kappa shape index (κ1) is 12.6. The third kappa shape index (κ3) is 3.30. The molecule has 5 nitrogen and oxygen atoms in total. The molecular weight excluding hydrogens is 232 g/mol. The fourth-order valence-corrected chi connectivity index (χ4v) is 1.35. The number of aromatic nitrogens is 2. The Morgan fingerprint density at radius 2 is 2.11 bits per heavy atom. The van der Waals surface area contributed by atoms with Crippen LogP contribution >= 0.6 is 0 Å². The molecular formula is C13H16N2O3. The van der Waals surface area contributed by atoms with Crippen molar-refractivity contribution < 1.29 is 14.4 Å². The molecule has 0 radical (unpaired) electrons. The van der Waals surface area contributed by atoms with E-state index in [0.717, 1.165) is 0 Å². The summed E-state index contributed by atoms with van der Waals surface area (Å²) in [6.07, 6.45) is 0. The lowest BCUT2D eigenvalue weighted by molar-refractivity contribution is -0.0260. The predicted octanol–water partition coefficient (Wildman–Crippen LogP) is 2.76. The second-order valence-corrected chi connectivity index (χ2v) is 4.96. The van der Waals surface area contributed by atoms with Crippen molar-refractivity contribution in [3.05, 3.63) is 30.2 Å². The van der Waals surface area contributed by atoms with Crippen molar-refractivity contribution in [2.75, 3.05) is 0 Å². The van der Waals surface area contributed by atoms with Crippen molar-refractivity contribution in [3.8, 4) is 17.1 Å². The third-order valence-electron chi connectivity index (χ3n) is 2.20. The Kier molecular flexibility index (Phi) is 3.34. The normalized spacial score (nSPS) is 11.7. The Balaban J connectivity index is 2.11. The largest absolute Gasteiger partial charge is 0.508 e. The topological polar surface area (TPSA) is 68.4 Å². The summed E-state index contributed by atoms with van der Waals surface area (Å²) >= 11 is 0. The zero-order valence-electron chi connectivity index (χ0n) is 10.7. The Morgan fingerprint density at radius 1 is 1.33 bits per heavy atom. The van der Waals surface area contributed by atoms with Crippen molar-refractivity contribution >= 4 is 0 Å². The SMILES string of the molecule is CC(C)(C)OCc1nc(-c2cccc(O)c2)no1. The number of nitrogens with zero attached hydrogens (tertiary/aromatic N) is 2. The number of ether oxygens (including phenoxy) is 1. The fourth-order valence-electron chi connectivity index (χ4n) is 1.35. The molecule has 0 aliphatic heterocycles. The van der Waals surface area contributed by atoms with E-state index in [0.29, 0.717) is 17.3 Å². The van der Waals surface area contributed by atoms with E-state index in [4.69, 9.17) is 9.26 Å². The monoisotopic (exact) mass is 248 g/mol. The second kappa shape index (κ2) is 4.78. The third-order valence-corrected chi connectivity index (χ3v) is 2.20. The van der Waals surface area contributed by atoms with Gasteiger partial charge in [-0.1, -0.05) is 17.3 Å². The smallest absolute Gasteiger partial charge is 0.252 e. The zero-order valence-corrected chi connectivity index (χ0v) is 10.7. The predicted molar refractivity (Wildman–Crippen MR) is 65.9 cm³/mol. The molecule has 1 N–H and O–H groups in total. The highest BCUT2D eigenvalue weighted by Gasteiger charge is 2.14. The van der Waals surface area contributed by atoms with Crippen LogP contribution in [0.15, 0.2) is 28.8 Å². The second-order valence-electron chi connectivity index (χ2n) is 4.96. The summed E-state index contributed by atoms with van der Waals surface area (Å²) in [7, 11) is 0. The van der Waals surface area contributed by atoms with E-state index >= 15 is 0 Å². The van der Waals surface area contributed by atoms with Crippen molar-refractivity contribution in [1.82, 2.24) is 10.1 Å². The van der Waals surface area contributed by atoms with Crippen LogP contribution in [-0.4, -0.2) is 20.8 Å². The number of phenolic OH excluding ortho intramolecular Hbond substituents is 1. The van der Waals surface area contributed by atoms with Gasteiger partial charge in [0, 0.05) is 5.56 Å². The summed E-state index contributed by atoms with van der Waals surface area (Å²) < 4.78 is 10.6. The fraction of sp³-hybridized carbons (Fsp3) is 0.385. The number of hydrogen-bond acceptors (Lipinski definition) is 5. The molecule has 0 saturated carbocycles. The lowest BCUT2D eigenvalue weighted by Gasteiger charge is -2.17. The molecule has 0 atom stereocenters. The van der Waals surface area contributed by atoms with Gasteiger partial charge in [-0.15, -0.1) is 0 Å². The molecule has 0 spiro atoms. The molecule has 0 unspecified atom stereocenters. The molecule has 0 aliphatic carbocycles. The minimum absolute atomic E-state index is 0.171. The molecule has 5 heteroatoms. The number of hydrogen-bond donors (Lipinski definition) is 1. The van der Waals surface area contributed by atoms with Gasteiger partial charge in [0.1, 0.15) is 12.4 Å². The maximum atomic E-state index is 9.38. The van der Waals surface area contributed by atoms with Crippen molar-refractivity contribution in [1.29, 1.82) is 0 Å². The summed E-state index contributed by atoms with van der Waals surface area (Å²) in [5.74, 6) is 1.03. The Bertz CT molecular complexity index is 529. The number of phenols is 1. The van der Waals surface area contributed by atoms with Crippen LogP contribution in [0.2, 0.25) is 0 Å². The number of aromatic hydroxyl groups is 1. The number of rotatable bonds is 3. The highest BCUT2D eigenvalue weighted by Crippen LogP contribution is 2.21. The van der Waals surface area contributed by atoms with E-state index in [9.17, 15) is 5.11 Å². The van der Waals surface area contributed by atoms with Gasteiger partial charge < -0.3 is 14.4 Å². The van der Waals surface area contributed by atoms with E-state index < -0.39 is 0 Å². The van der Waals surface area contributed by atoms with E-state index in [-0.39, 0.29) is 18.0 Å². The van der Waals surface area contributed by atoms with Gasteiger partial charge in [0.15, 0.2) is 0 Å². The lowest BCUT2D eigenvalue weighted by atomic mass is 10.2. The molecule has 18 heavy (non-hydrogen) atoms. The molecule has 0 amide bonds. The average molecular weight is 248 g/mol. The lowest BCUT2D eigenvalue weighted by Crippen LogP contribution is -2.18. The van der Waals surface area contributed by atoms with Crippen molar-refractivity contribution in [2.24, 2.45) is 0 Å². The van der Waals surface area contributed by atoms with Crippen LogP contribution < -0.4 is 0 Å². The molecule has 2 aromatic rings. The maximum Gasteiger partial charge on any atom is 0.252 e. The Hall–Kier alpha value is -1.88. The summed E-state index contributed by atoms with van der Waals surface area (Å²) in [6.45, 7) is 6.15. The molecule has 1 aromatic carbocycles. The van der Waals surface area contributed by atoms with Gasteiger partial charge in [-0.2, -0.15) is 4.98 Å². The standard InChI is InChI=1S/C13H16N2O3/c1-13(2,3)17-8-11-14-12(15-18-11)9-5-4-6-10(16)7-9/h4-7,16H,8H2,1-3H3. The quantitative estimate of drug-likeness (QED) is 0.904. The van der Waals surface area contributed by atoms with Crippen LogP contribution in [0.1, 0.15) is 26.7 Å². The van der Waals surface area contributed by atoms with Crippen molar-refractivity contribution in [2.45, 2.75) is 33.0 Å². The van der Waals surface area contributed by atoms with Crippen LogP contribution in [0.3, 0.4) is 0 Å². The van der Waals surface area contributed by atoms with Gasteiger partial charge in [-0.3, -0.25) is 0 Å². The van der Waals surface area contributed by atoms with E-state index in [1.165, 1.54) is 0 Å². The molecule has 1 aromatic heterocycles. The summed E-state index contributed by atoms with van der Waals surface area (Å²) in [6, 6.07) is 6.71. The van der Waals surface area contributed by atoms with E-state index in [2.05, 4.69) is 10.1 Å². The summed E-state index contributed by atoms with van der Waals surface area (Å²) in [5.41, 5.74) is 0.459. The minimum Gasteiger partial charge on any atom is -0.508 e. The Labute approximate surface area is 105 Å². The van der Waals surface area contributed by atoms with Crippen molar-refractivity contribution in [3.63, 3.8) is 0 Å². The van der Waals surface area contributed by atoms with E-state index in [1.54, 1.807) is 24.3 Å². The van der Waals surface area contributed by atoms with Crippen LogP contribution in [0.5, 0.6) is 5.75 Å². The number of benzene rings is 1. The molecule has 0 fully saturated rings. The minimum atomic E-state index is -0.250. The summed E-state index contributed by atoms with van der Waals surface area (Å²) in [5, 5.41) is 13.2. The maximum absolute atomic E-state index is 9.38. The van der Waals surface area contributed by atoms with Crippen LogP contribution in [0.25, 0.3) is 11.4 Å².